The molecule has 0 aliphatic heterocycles. The number of benzene rings is 1. The van der Waals surface area contributed by atoms with E-state index < -0.39 is 5.54 Å². The van der Waals surface area contributed by atoms with Crippen molar-refractivity contribution < 1.29 is 9.90 Å². The molecule has 0 fully saturated rings. The van der Waals surface area contributed by atoms with Crippen LogP contribution in [0.3, 0.4) is 0 Å². The zero-order chi connectivity index (χ0) is 12.3. The lowest BCUT2D eigenvalue weighted by Gasteiger charge is -2.23. The highest BCUT2D eigenvalue weighted by molar-refractivity contribution is 5.98. The van der Waals surface area contributed by atoms with Gasteiger partial charge in [0.15, 0.2) is 0 Å². The number of phenols is 1. The van der Waals surface area contributed by atoms with Crippen molar-refractivity contribution in [3.05, 3.63) is 23.8 Å². The molecular weight excluding hydrogens is 204 g/mol. The smallest absolute Gasteiger partial charge is 0.244 e. The average molecular weight is 222 g/mol. The summed E-state index contributed by atoms with van der Waals surface area (Å²) in [6, 6.07) is 5.25. The van der Waals surface area contributed by atoms with E-state index >= 15 is 0 Å². The molecular formula is C12H18N2O2. The number of aromatic hydroxyl groups is 1. The van der Waals surface area contributed by atoms with Crippen molar-refractivity contribution in [2.24, 2.45) is 0 Å². The minimum absolute atomic E-state index is 0.114. The second-order valence-corrected chi connectivity index (χ2v) is 4.30. The maximum absolute atomic E-state index is 11.8. The van der Waals surface area contributed by atoms with E-state index in [4.69, 9.17) is 0 Å². The Bertz CT molecular complexity index is 400. The summed E-state index contributed by atoms with van der Waals surface area (Å²) in [6.45, 7) is 5.33. The van der Waals surface area contributed by atoms with Gasteiger partial charge in [-0.3, -0.25) is 4.79 Å². The summed E-state index contributed by atoms with van der Waals surface area (Å²) in [7, 11) is 1.72. The molecule has 0 radical (unpaired) electrons. The van der Waals surface area contributed by atoms with Crippen molar-refractivity contribution in [1.29, 1.82) is 0 Å². The highest BCUT2D eigenvalue weighted by Crippen LogP contribution is 2.27. The molecule has 0 saturated heterocycles. The highest BCUT2D eigenvalue weighted by Gasteiger charge is 2.25. The molecule has 0 aliphatic rings. The number of carbonyl (C=O) groups excluding carboxylic acids is 1. The van der Waals surface area contributed by atoms with Crippen LogP contribution >= 0.6 is 0 Å². The molecule has 0 aliphatic carbocycles. The van der Waals surface area contributed by atoms with E-state index in [1.54, 1.807) is 46.0 Å². The molecule has 0 unspecified atom stereocenters. The van der Waals surface area contributed by atoms with Crippen molar-refractivity contribution in [3.63, 3.8) is 0 Å². The van der Waals surface area contributed by atoms with Crippen LogP contribution in [0.15, 0.2) is 18.2 Å². The summed E-state index contributed by atoms with van der Waals surface area (Å²) < 4.78 is 0. The number of hydrogen-bond donors (Lipinski definition) is 3. The summed E-state index contributed by atoms with van der Waals surface area (Å²) in [5.74, 6) is -0.0707. The Morgan fingerprint density at radius 2 is 2.00 bits per heavy atom. The molecule has 0 spiro atoms. The topological polar surface area (TPSA) is 61.4 Å². The van der Waals surface area contributed by atoms with E-state index in [-0.39, 0.29) is 11.7 Å². The zero-order valence-electron chi connectivity index (χ0n) is 10.1. The van der Waals surface area contributed by atoms with Crippen LogP contribution in [0, 0.1) is 6.92 Å². The number of likely N-dealkylation sites (N-methyl/N-ethyl adjacent to an activating group) is 1. The average Bonchev–Trinajstić information content (AvgIpc) is 2.24. The van der Waals surface area contributed by atoms with Crippen LogP contribution in [0.1, 0.15) is 19.4 Å². The molecule has 16 heavy (non-hydrogen) atoms. The van der Waals surface area contributed by atoms with Crippen LogP contribution in [0.4, 0.5) is 5.69 Å². The van der Waals surface area contributed by atoms with E-state index in [2.05, 4.69) is 10.6 Å². The number of para-hydroxylation sites is 1. The Morgan fingerprint density at radius 1 is 1.38 bits per heavy atom. The maximum Gasteiger partial charge on any atom is 0.244 e. The summed E-state index contributed by atoms with van der Waals surface area (Å²) in [6.07, 6.45) is 0. The first-order valence-corrected chi connectivity index (χ1v) is 5.17. The lowest BCUT2D eigenvalue weighted by atomic mass is 10.0. The monoisotopic (exact) mass is 222 g/mol. The van der Waals surface area contributed by atoms with Crippen molar-refractivity contribution in [1.82, 2.24) is 5.32 Å². The third kappa shape index (κ3) is 2.52. The first-order valence-electron chi connectivity index (χ1n) is 5.17. The number of nitrogens with one attached hydrogen (secondary N) is 2. The van der Waals surface area contributed by atoms with Gasteiger partial charge in [0.1, 0.15) is 5.75 Å². The Morgan fingerprint density at radius 3 is 2.56 bits per heavy atom. The number of amides is 1. The van der Waals surface area contributed by atoms with Gasteiger partial charge in [-0.05, 0) is 39.4 Å². The van der Waals surface area contributed by atoms with E-state index in [0.717, 1.165) is 5.56 Å². The van der Waals surface area contributed by atoms with Gasteiger partial charge < -0.3 is 15.7 Å². The number of hydrogen-bond acceptors (Lipinski definition) is 3. The van der Waals surface area contributed by atoms with Gasteiger partial charge in [0, 0.05) is 0 Å². The van der Waals surface area contributed by atoms with Crippen LogP contribution in [-0.4, -0.2) is 23.6 Å². The van der Waals surface area contributed by atoms with Crippen LogP contribution in [0.2, 0.25) is 0 Å². The molecule has 88 valence electrons. The van der Waals surface area contributed by atoms with Crippen LogP contribution in [-0.2, 0) is 4.79 Å². The second kappa shape index (κ2) is 4.53. The van der Waals surface area contributed by atoms with Crippen molar-refractivity contribution in [2.75, 3.05) is 12.4 Å². The number of phenolic OH excluding ortho intramolecular Hbond substituents is 1. The third-order valence-corrected chi connectivity index (χ3v) is 2.68. The molecule has 1 amide bonds. The summed E-state index contributed by atoms with van der Waals surface area (Å²) >= 11 is 0. The van der Waals surface area contributed by atoms with Gasteiger partial charge in [0.05, 0.1) is 11.2 Å². The number of carbonyl (C=O) groups is 1. The first kappa shape index (κ1) is 12.5. The number of anilines is 1. The Hall–Kier alpha value is -1.55. The highest BCUT2D eigenvalue weighted by atomic mass is 16.3. The largest absolute Gasteiger partial charge is 0.505 e. The fourth-order valence-corrected chi connectivity index (χ4v) is 1.15. The van der Waals surface area contributed by atoms with Gasteiger partial charge in [-0.25, -0.2) is 0 Å². The van der Waals surface area contributed by atoms with E-state index in [0.29, 0.717) is 5.69 Å². The SMILES string of the molecule is CNC(C)(C)C(=O)Nc1cccc(C)c1O. The van der Waals surface area contributed by atoms with Crippen LogP contribution < -0.4 is 10.6 Å². The Labute approximate surface area is 95.7 Å². The van der Waals surface area contributed by atoms with Gasteiger partial charge in [-0.15, -0.1) is 0 Å². The van der Waals surface area contributed by atoms with E-state index in [9.17, 15) is 9.90 Å². The van der Waals surface area contributed by atoms with Gasteiger partial charge >= 0.3 is 0 Å². The molecule has 0 atom stereocenters. The predicted molar refractivity (Wildman–Crippen MR) is 64.6 cm³/mol. The van der Waals surface area contributed by atoms with E-state index in [1.807, 2.05) is 0 Å². The molecule has 1 rings (SSSR count). The molecule has 0 aromatic heterocycles. The molecule has 4 heteroatoms. The third-order valence-electron chi connectivity index (χ3n) is 2.68. The zero-order valence-corrected chi connectivity index (χ0v) is 10.1. The van der Waals surface area contributed by atoms with Gasteiger partial charge in [0.2, 0.25) is 5.91 Å². The van der Waals surface area contributed by atoms with Crippen molar-refractivity contribution in [3.8, 4) is 5.75 Å². The molecule has 0 bridgehead atoms. The van der Waals surface area contributed by atoms with Crippen molar-refractivity contribution in [2.45, 2.75) is 26.3 Å². The lowest BCUT2D eigenvalue weighted by molar-refractivity contribution is -0.121. The summed E-state index contributed by atoms with van der Waals surface area (Å²) in [5, 5.41) is 15.3. The molecule has 3 N–H and O–H groups in total. The number of rotatable bonds is 3. The Balaban J connectivity index is 2.90. The van der Waals surface area contributed by atoms with Gasteiger partial charge in [-0.2, -0.15) is 0 Å². The summed E-state index contributed by atoms with van der Waals surface area (Å²) in [5.41, 5.74) is 0.504. The number of aryl methyl sites for hydroxylation is 1. The fraction of sp³-hybridized carbons (Fsp3) is 0.417. The second-order valence-electron chi connectivity index (χ2n) is 4.30. The normalized spacial score (nSPS) is 11.2. The quantitative estimate of drug-likeness (QED) is 0.681. The summed E-state index contributed by atoms with van der Waals surface area (Å²) in [4.78, 5) is 11.8. The maximum atomic E-state index is 11.8. The van der Waals surface area contributed by atoms with Crippen molar-refractivity contribution >= 4 is 11.6 Å². The first-order chi connectivity index (χ1) is 7.38. The Kier molecular flexibility index (Phi) is 3.55. The predicted octanol–water partition coefficient (Wildman–Crippen LogP) is 1.64. The fourth-order valence-electron chi connectivity index (χ4n) is 1.15. The van der Waals surface area contributed by atoms with E-state index in [1.165, 1.54) is 0 Å². The lowest BCUT2D eigenvalue weighted by Crippen LogP contribution is -2.47. The minimum atomic E-state index is -0.670. The van der Waals surface area contributed by atoms with Crippen LogP contribution in [0.5, 0.6) is 5.75 Å². The van der Waals surface area contributed by atoms with Crippen LogP contribution in [0.25, 0.3) is 0 Å². The molecule has 4 nitrogen and oxygen atoms in total. The molecule has 0 heterocycles. The standard InChI is InChI=1S/C12H18N2O2/c1-8-6-5-7-9(10(8)15)14-11(16)12(2,3)13-4/h5-7,13,15H,1-4H3,(H,14,16). The van der Waals surface area contributed by atoms with Gasteiger partial charge in [-0.1, -0.05) is 12.1 Å². The van der Waals surface area contributed by atoms with Gasteiger partial charge in [0.25, 0.3) is 0 Å². The molecule has 1 aromatic carbocycles. The molecule has 0 saturated carbocycles. The minimum Gasteiger partial charge on any atom is -0.505 e. The molecule has 1 aromatic rings.